The van der Waals surface area contributed by atoms with Crippen LogP contribution in [0.5, 0.6) is 23.0 Å². The molecule has 0 unspecified atom stereocenters. The third-order valence-electron chi connectivity index (χ3n) is 6.87. The Labute approximate surface area is 286 Å². The van der Waals surface area contributed by atoms with Crippen molar-refractivity contribution >= 4 is 46.1 Å². The number of nitro benzene ring substituents is 1. The first-order valence-electron chi connectivity index (χ1n) is 14.4. The Bertz CT molecular complexity index is 2090. The Morgan fingerprint density at radius 1 is 0.542 bits per heavy atom. The van der Waals surface area contributed by atoms with E-state index in [1.54, 1.807) is 72.8 Å². The molecule has 8 nitrogen and oxygen atoms in total. The van der Waals surface area contributed by atoms with Gasteiger partial charge in [0.25, 0.3) is 5.69 Å². The lowest BCUT2D eigenvalue weighted by Crippen LogP contribution is -2.07. The number of nitrogens with zero attached hydrogens (tertiary/aromatic N) is 1. The van der Waals surface area contributed by atoms with Gasteiger partial charge in [0.2, 0.25) is 5.78 Å². The van der Waals surface area contributed by atoms with Crippen LogP contribution < -0.4 is 15.2 Å². The third-order valence-corrected chi connectivity index (χ3v) is 7.34. The van der Waals surface area contributed by atoms with Gasteiger partial charge in [0.1, 0.15) is 28.6 Å². The van der Waals surface area contributed by atoms with Gasteiger partial charge in [-0.2, -0.15) is 0 Å². The summed E-state index contributed by atoms with van der Waals surface area (Å²) >= 11 is 11.9. The van der Waals surface area contributed by atoms with Gasteiger partial charge in [0.05, 0.1) is 16.1 Å². The molecule has 6 rings (SSSR count). The number of para-hydroxylation sites is 4. The number of nitrogen functional groups attached to an aromatic ring is 1. The molecule has 0 aliphatic rings. The first-order chi connectivity index (χ1) is 23.2. The largest absolute Gasteiger partial charge is 0.457 e. The fourth-order valence-electron chi connectivity index (χ4n) is 4.58. The molecule has 0 saturated heterocycles. The zero-order chi connectivity index (χ0) is 34.0. The molecule has 0 amide bonds. The summed E-state index contributed by atoms with van der Waals surface area (Å²) in [5.74, 6) is 1.25. The second-order valence-corrected chi connectivity index (χ2v) is 11.0. The van der Waals surface area contributed by atoms with Gasteiger partial charge in [-0.3, -0.25) is 19.7 Å². The average Bonchev–Trinajstić information content (AvgIpc) is 3.10. The molecule has 10 heteroatoms. The van der Waals surface area contributed by atoms with Gasteiger partial charge in [-0.25, -0.2) is 0 Å². The lowest BCUT2D eigenvalue weighted by Gasteiger charge is -2.11. The van der Waals surface area contributed by atoms with Crippen LogP contribution in [-0.2, 0) is 0 Å². The van der Waals surface area contributed by atoms with E-state index in [9.17, 15) is 19.7 Å². The predicted molar refractivity (Wildman–Crippen MR) is 187 cm³/mol. The molecule has 0 heterocycles. The molecule has 48 heavy (non-hydrogen) atoms. The second kappa shape index (κ2) is 15.6. The maximum Gasteiger partial charge on any atom is 0.280 e. The molecule has 6 aromatic rings. The molecule has 238 valence electrons. The lowest BCUT2D eigenvalue weighted by atomic mass is 10.0. The highest BCUT2D eigenvalue weighted by atomic mass is 35.5. The third kappa shape index (κ3) is 8.24. The van der Waals surface area contributed by atoms with Crippen molar-refractivity contribution in [2.24, 2.45) is 0 Å². The summed E-state index contributed by atoms with van der Waals surface area (Å²) in [5.41, 5.74) is 6.93. The highest BCUT2D eigenvalue weighted by Gasteiger charge is 2.24. The summed E-state index contributed by atoms with van der Waals surface area (Å²) in [4.78, 5) is 36.3. The topological polar surface area (TPSA) is 122 Å². The molecule has 6 aromatic carbocycles. The molecule has 0 atom stereocenters. The Hall–Kier alpha value is -5.96. The van der Waals surface area contributed by atoms with Crippen molar-refractivity contribution in [3.8, 4) is 23.0 Å². The van der Waals surface area contributed by atoms with Gasteiger partial charge in [-0.1, -0.05) is 83.9 Å². The van der Waals surface area contributed by atoms with Gasteiger partial charge < -0.3 is 15.2 Å². The molecular formula is C38H26Cl2N2O6. The predicted octanol–water partition coefficient (Wildman–Crippen LogP) is 10.2. The number of carbonyl (C=O) groups is 2. The Morgan fingerprint density at radius 3 is 1.46 bits per heavy atom. The van der Waals surface area contributed by atoms with Crippen molar-refractivity contribution in [2.45, 2.75) is 0 Å². The van der Waals surface area contributed by atoms with Crippen LogP contribution in [0.1, 0.15) is 31.8 Å². The first kappa shape index (κ1) is 33.4. The van der Waals surface area contributed by atoms with Crippen molar-refractivity contribution in [3.63, 3.8) is 0 Å². The average molecular weight is 678 g/mol. The lowest BCUT2D eigenvalue weighted by molar-refractivity contribution is -0.385. The number of carbonyl (C=O) groups excluding carboxylic acids is 2. The smallest absolute Gasteiger partial charge is 0.280 e. The summed E-state index contributed by atoms with van der Waals surface area (Å²) in [6.07, 6.45) is 0. The minimum Gasteiger partial charge on any atom is -0.457 e. The number of rotatable bonds is 9. The highest BCUT2D eigenvalue weighted by molar-refractivity contribution is 6.32. The monoisotopic (exact) mass is 676 g/mol. The van der Waals surface area contributed by atoms with Crippen molar-refractivity contribution in [1.29, 1.82) is 0 Å². The van der Waals surface area contributed by atoms with Crippen LogP contribution >= 0.6 is 23.2 Å². The van der Waals surface area contributed by atoms with E-state index in [0.717, 1.165) is 0 Å². The number of nitro groups is 1. The van der Waals surface area contributed by atoms with Crippen molar-refractivity contribution in [1.82, 2.24) is 0 Å². The number of nitrogens with two attached hydrogens (primary N) is 1. The molecule has 0 spiro atoms. The Kier molecular flexibility index (Phi) is 10.8. The van der Waals surface area contributed by atoms with Crippen LogP contribution in [-0.4, -0.2) is 16.5 Å². The number of ether oxygens (including phenoxy) is 2. The van der Waals surface area contributed by atoms with Crippen LogP contribution in [0, 0.1) is 10.1 Å². The number of ketones is 2. The molecule has 0 radical (unpaired) electrons. The van der Waals surface area contributed by atoms with Crippen LogP contribution in [0.25, 0.3) is 0 Å². The number of hydrogen-bond donors (Lipinski definition) is 1. The molecule has 0 aliphatic heterocycles. The molecule has 0 aromatic heterocycles. The van der Waals surface area contributed by atoms with E-state index >= 15 is 0 Å². The zero-order valence-electron chi connectivity index (χ0n) is 25.1. The van der Waals surface area contributed by atoms with E-state index in [4.69, 9.17) is 38.4 Å². The zero-order valence-corrected chi connectivity index (χ0v) is 26.6. The summed E-state index contributed by atoms with van der Waals surface area (Å²) in [7, 11) is 0. The Balaban J connectivity index is 0.000000188. The van der Waals surface area contributed by atoms with E-state index in [-0.39, 0.29) is 27.6 Å². The van der Waals surface area contributed by atoms with Crippen LogP contribution in [0.15, 0.2) is 146 Å². The minimum atomic E-state index is -0.607. The van der Waals surface area contributed by atoms with E-state index < -0.39 is 10.7 Å². The maximum atomic E-state index is 12.9. The SMILES string of the molecule is Nc1ccc(Cl)cc1C(=O)c1ccccc1Oc1ccccc1.O=C(c1ccccc1Oc1ccccc1)c1cc(Cl)ccc1[N+](=O)[O-]. The molecule has 0 saturated carbocycles. The van der Waals surface area contributed by atoms with Gasteiger partial charge in [-0.05, 0) is 78.9 Å². The van der Waals surface area contributed by atoms with Crippen LogP contribution in [0.4, 0.5) is 11.4 Å². The number of anilines is 1. The molecule has 0 aliphatic carbocycles. The van der Waals surface area contributed by atoms with E-state index in [1.807, 2.05) is 54.6 Å². The number of benzene rings is 6. The second-order valence-electron chi connectivity index (χ2n) is 10.1. The molecule has 0 bridgehead atoms. The van der Waals surface area contributed by atoms with E-state index in [2.05, 4.69) is 0 Å². The van der Waals surface area contributed by atoms with Gasteiger partial charge in [0.15, 0.2) is 5.78 Å². The summed E-state index contributed by atoms with van der Waals surface area (Å²) in [6.45, 7) is 0. The number of hydrogen-bond acceptors (Lipinski definition) is 7. The van der Waals surface area contributed by atoms with Crippen LogP contribution in [0.3, 0.4) is 0 Å². The van der Waals surface area contributed by atoms with Gasteiger partial charge in [-0.15, -0.1) is 0 Å². The van der Waals surface area contributed by atoms with Crippen molar-refractivity contribution < 1.29 is 24.0 Å². The quantitative estimate of drug-likeness (QED) is 0.0699. The van der Waals surface area contributed by atoms with E-state index in [0.29, 0.717) is 44.8 Å². The van der Waals surface area contributed by atoms with Crippen molar-refractivity contribution in [2.75, 3.05) is 5.73 Å². The summed E-state index contributed by atoms with van der Waals surface area (Å²) in [6, 6.07) is 40.6. The standard InChI is InChI=1S/C19H12ClNO4.C19H14ClNO2/c20-13-10-11-17(21(23)24)16(12-13)19(22)15-8-4-5-9-18(15)25-14-6-2-1-3-7-14;20-13-10-11-17(21)16(12-13)19(22)15-8-4-5-9-18(15)23-14-6-2-1-3-7-14/h1-12H;1-12H,21H2. The normalized spacial score (nSPS) is 10.3. The fraction of sp³-hybridized carbons (Fsp3) is 0. The molecule has 0 fully saturated rings. The molecule has 2 N–H and O–H groups in total. The van der Waals surface area contributed by atoms with Crippen LogP contribution in [0.2, 0.25) is 10.0 Å². The fourth-order valence-corrected chi connectivity index (χ4v) is 4.93. The highest BCUT2D eigenvalue weighted by Crippen LogP contribution is 2.32. The summed E-state index contributed by atoms with van der Waals surface area (Å²) in [5, 5.41) is 11.9. The van der Waals surface area contributed by atoms with Gasteiger partial charge in [0, 0.05) is 27.4 Å². The van der Waals surface area contributed by atoms with Gasteiger partial charge >= 0.3 is 0 Å². The minimum absolute atomic E-state index is 0.0818. The molecular weight excluding hydrogens is 651 g/mol. The van der Waals surface area contributed by atoms with Crippen molar-refractivity contribution in [3.05, 3.63) is 188 Å². The van der Waals surface area contributed by atoms with E-state index in [1.165, 1.54) is 18.2 Å². The number of halogens is 2. The maximum absolute atomic E-state index is 12.9. The summed E-state index contributed by atoms with van der Waals surface area (Å²) < 4.78 is 11.6. The Morgan fingerprint density at radius 2 is 0.958 bits per heavy atom. The first-order valence-corrected chi connectivity index (χ1v) is 15.2.